The minimum Gasteiger partial charge on any atom is -0.506 e. The van der Waals surface area contributed by atoms with Gasteiger partial charge in [-0.05, 0) is 38.1 Å². The lowest BCUT2D eigenvalue weighted by molar-refractivity contribution is 0.371. The molecule has 2 heterocycles. The normalized spacial score (nSPS) is 18.0. The van der Waals surface area contributed by atoms with Gasteiger partial charge < -0.3 is 15.0 Å². The van der Waals surface area contributed by atoms with E-state index in [0.29, 0.717) is 11.8 Å². The topological polar surface area (TPSA) is 50.1 Å². The number of aromatic nitrogens is 2. The number of piperidine rings is 1. The van der Waals surface area contributed by atoms with Gasteiger partial charge in [-0.2, -0.15) is 0 Å². The lowest BCUT2D eigenvalue weighted by Crippen LogP contribution is -2.29. The van der Waals surface area contributed by atoms with Crippen LogP contribution in [0, 0.1) is 0 Å². The fourth-order valence-electron chi connectivity index (χ4n) is 2.43. The van der Waals surface area contributed by atoms with Crippen molar-refractivity contribution in [3.8, 4) is 5.75 Å². The average Bonchev–Trinajstić information content (AvgIpc) is 2.75. The molecule has 1 aliphatic heterocycles. The maximum atomic E-state index is 9.90. The Bertz CT molecular complexity index is 500. The summed E-state index contributed by atoms with van der Waals surface area (Å²) < 4.78 is 2.12. The second kappa shape index (κ2) is 3.79. The molecule has 0 bridgehead atoms. The molecule has 1 fully saturated rings. The summed E-state index contributed by atoms with van der Waals surface area (Å²) in [6.45, 7) is 2.08. The number of aromatic hydroxyl groups is 1. The van der Waals surface area contributed by atoms with Crippen molar-refractivity contribution in [2.24, 2.45) is 0 Å². The second-order valence-electron chi connectivity index (χ2n) is 4.28. The van der Waals surface area contributed by atoms with Crippen LogP contribution in [0.4, 0.5) is 0 Å². The summed E-state index contributed by atoms with van der Waals surface area (Å²) in [6.07, 6.45) is 4.04. The summed E-state index contributed by atoms with van der Waals surface area (Å²) in [6, 6.07) is 5.95. The van der Waals surface area contributed by atoms with Crippen LogP contribution in [0.3, 0.4) is 0 Å². The number of nitrogens with one attached hydrogen (secondary N) is 1. The third-order valence-electron chi connectivity index (χ3n) is 3.27. The molecule has 4 nitrogen and oxygen atoms in total. The Labute approximate surface area is 93.9 Å². The van der Waals surface area contributed by atoms with E-state index < -0.39 is 0 Å². The van der Waals surface area contributed by atoms with E-state index >= 15 is 0 Å². The van der Waals surface area contributed by atoms with E-state index in [1.807, 2.05) is 18.5 Å². The number of phenolic OH excluding ortho intramolecular Hbond substituents is 1. The number of rotatable bonds is 1. The number of hydrogen-bond donors (Lipinski definition) is 2. The van der Waals surface area contributed by atoms with Crippen molar-refractivity contribution >= 4 is 11.0 Å². The molecular formula is C12H15N3O. The predicted molar refractivity (Wildman–Crippen MR) is 62.5 cm³/mol. The molecule has 0 amide bonds. The van der Waals surface area contributed by atoms with Crippen molar-refractivity contribution < 1.29 is 5.11 Å². The molecule has 0 spiro atoms. The highest BCUT2D eigenvalue weighted by atomic mass is 16.3. The SMILES string of the molecule is Oc1cccc2ncn(C3CCNCC3)c12. The van der Waals surface area contributed by atoms with Crippen molar-refractivity contribution in [3.63, 3.8) is 0 Å². The van der Waals surface area contributed by atoms with Crippen LogP contribution >= 0.6 is 0 Å². The van der Waals surface area contributed by atoms with Crippen LogP contribution in [0.15, 0.2) is 24.5 Å². The zero-order valence-electron chi connectivity index (χ0n) is 9.06. The summed E-state index contributed by atoms with van der Waals surface area (Å²) in [5.74, 6) is 0.327. The first-order valence-corrected chi connectivity index (χ1v) is 5.71. The van der Waals surface area contributed by atoms with Gasteiger partial charge >= 0.3 is 0 Å². The van der Waals surface area contributed by atoms with Gasteiger partial charge in [0.1, 0.15) is 11.3 Å². The molecule has 1 aromatic heterocycles. The van der Waals surface area contributed by atoms with Crippen molar-refractivity contribution in [1.29, 1.82) is 0 Å². The minimum atomic E-state index is 0.327. The van der Waals surface area contributed by atoms with Crippen molar-refractivity contribution in [1.82, 2.24) is 14.9 Å². The van der Waals surface area contributed by atoms with Crippen LogP contribution in [0.2, 0.25) is 0 Å². The van der Waals surface area contributed by atoms with Gasteiger partial charge in [-0.3, -0.25) is 0 Å². The highest BCUT2D eigenvalue weighted by Gasteiger charge is 2.18. The van der Waals surface area contributed by atoms with Gasteiger partial charge in [0, 0.05) is 6.04 Å². The Hall–Kier alpha value is -1.55. The van der Waals surface area contributed by atoms with Gasteiger partial charge in [0.15, 0.2) is 0 Å². The number of benzene rings is 1. The summed E-state index contributed by atoms with van der Waals surface area (Å²) >= 11 is 0. The predicted octanol–water partition coefficient (Wildman–Crippen LogP) is 1.67. The summed E-state index contributed by atoms with van der Waals surface area (Å²) in [5, 5.41) is 13.2. The van der Waals surface area contributed by atoms with E-state index in [2.05, 4.69) is 14.9 Å². The summed E-state index contributed by atoms with van der Waals surface area (Å²) in [7, 11) is 0. The fourth-order valence-corrected chi connectivity index (χ4v) is 2.43. The third kappa shape index (κ3) is 1.46. The number of imidazole rings is 1. The lowest BCUT2D eigenvalue weighted by atomic mass is 10.1. The Kier molecular flexibility index (Phi) is 2.29. The van der Waals surface area contributed by atoms with Gasteiger partial charge in [-0.25, -0.2) is 4.98 Å². The third-order valence-corrected chi connectivity index (χ3v) is 3.27. The van der Waals surface area contributed by atoms with Crippen LogP contribution in [0.25, 0.3) is 11.0 Å². The standard InChI is InChI=1S/C12H15N3O/c16-11-3-1-2-10-12(11)15(8-14-10)9-4-6-13-7-5-9/h1-3,8-9,13,16H,4-7H2. The molecular weight excluding hydrogens is 202 g/mol. The highest BCUT2D eigenvalue weighted by molar-refractivity contribution is 5.81. The molecule has 84 valence electrons. The molecule has 0 atom stereocenters. The zero-order chi connectivity index (χ0) is 11.0. The Morgan fingerprint density at radius 2 is 2.12 bits per heavy atom. The molecule has 1 aliphatic rings. The van der Waals surface area contributed by atoms with E-state index in [9.17, 15) is 5.11 Å². The number of hydrogen-bond acceptors (Lipinski definition) is 3. The van der Waals surface area contributed by atoms with Crippen LogP contribution in [0.1, 0.15) is 18.9 Å². The minimum absolute atomic E-state index is 0.327. The average molecular weight is 217 g/mol. The first kappa shape index (κ1) is 9.66. The van der Waals surface area contributed by atoms with Crippen molar-refractivity contribution in [2.45, 2.75) is 18.9 Å². The zero-order valence-corrected chi connectivity index (χ0v) is 9.06. The van der Waals surface area contributed by atoms with E-state index in [4.69, 9.17) is 0 Å². The van der Waals surface area contributed by atoms with Gasteiger partial charge in [0.05, 0.1) is 11.8 Å². The van der Waals surface area contributed by atoms with E-state index in [1.54, 1.807) is 6.07 Å². The first-order chi connectivity index (χ1) is 7.86. The largest absolute Gasteiger partial charge is 0.506 e. The number of para-hydroxylation sites is 1. The quantitative estimate of drug-likeness (QED) is 0.764. The van der Waals surface area contributed by atoms with Crippen LogP contribution in [-0.2, 0) is 0 Å². The van der Waals surface area contributed by atoms with Crippen LogP contribution in [-0.4, -0.2) is 27.7 Å². The Morgan fingerprint density at radius 1 is 1.31 bits per heavy atom. The maximum absolute atomic E-state index is 9.90. The Morgan fingerprint density at radius 3 is 2.94 bits per heavy atom. The smallest absolute Gasteiger partial charge is 0.141 e. The molecule has 1 aromatic carbocycles. The number of fused-ring (bicyclic) bond motifs is 1. The first-order valence-electron chi connectivity index (χ1n) is 5.71. The molecule has 0 aliphatic carbocycles. The number of nitrogens with zero attached hydrogens (tertiary/aromatic N) is 2. The second-order valence-corrected chi connectivity index (χ2v) is 4.28. The molecule has 0 saturated carbocycles. The van der Waals surface area contributed by atoms with Gasteiger partial charge in [0.25, 0.3) is 0 Å². The maximum Gasteiger partial charge on any atom is 0.141 e. The van der Waals surface area contributed by atoms with Crippen molar-refractivity contribution in [3.05, 3.63) is 24.5 Å². The van der Waals surface area contributed by atoms with E-state index in [0.717, 1.165) is 37.0 Å². The number of phenols is 1. The molecule has 1 saturated heterocycles. The van der Waals surface area contributed by atoms with Gasteiger partial charge in [-0.1, -0.05) is 6.07 Å². The summed E-state index contributed by atoms with van der Waals surface area (Å²) in [4.78, 5) is 4.34. The van der Waals surface area contributed by atoms with Crippen molar-refractivity contribution in [2.75, 3.05) is 13.1 Å². The van der Waals surface area contributed by atoms with Crippen LogP contribution < -0.4 is 5.32 Å². The van der Waals surface area contributed by atoms with Gasteiger partial charge in [-0.15, -0.1) is 0 Å². The van der Waals surface area contributed by atoms with Crippen LogP contribution in [0.5, 0.6) is 5.75 Å². The van der Waals surface area contributed by atoms with E-state index in [1.165, 1.54) is 0 Å². The molecule has 2 aromatic rings. The van der Waals surface area contributed by atoms with Gasteiger partial charge in [0.2, 0.25) is 0 Å². The Balaban J connectivity index is 2.09. The molecule has 2 N–H and O–H groups in total. The molecule has 0 radical (unpaired) electrons. The molecule has 16 heavy (non-hydrogen) atoms. The van der Waals surface area contributed by atoms with E-state index in [-0.39, 0.29) is 0 Å². The lowest BCUT2D eigenvalue weighted by Gasteiger charge is -2.24. The molecule has 3 rings (SSSR count). The monoisotopic (exact) mass is 217 g/mol. The molecule has 0 unspecified atom stereocenters. The fraction of sp³-hybridized carbons (Fsp3) is 0.417. The highest BCUT2D eigenvalue weighted by Crippen LogP contribution is 2.29. The molecule has 4 heteroatoms. The summed E-state index contributed by atoms with van der Waals surface area (Å²) in [5.41, 5.74) is 1.74.